The lowest BCUT2D eigenvalue weighted by atomic mass is 10.1. The molecule has 0 amide bonds. The average Bonchev–Trinajstić information content (AvgIpc) is 2.45. The SMILES string of the molecule is Clc1ccc2c(ccc[n+]2CCc2ccccc2)c1. The third-order valence-electron chi connectivity index (χ3n) is 3.33. The molecule has 0 aliphatic rings. The Labute approximate surface area is 118 Å². The molecule has 0 atom stereocenters. The molecular formula is C17H15ClN+. The van der Waals surface area contributed by atoms with Crippen molar-refractivity contribution in [3.63, 3.8) is 0 Å². The Morgan fingerprint density at radius 2 is 1.74 bits per heavy atom. The van der Waals surface area contributed by atoms with E-state index in [0.29, 0.717) is 0 Å². The van der Waals surface area contributed by atoms with Crippen molar-refractivity contribution < 1.29 is 4.57 Å². The zero-order chi connectivity index (χ0) is 13.1. The number of fused-ring (bicyclic) bond motifs is 1. The lowest BCUT2D eigenvalue weighted by molar-refractivity contribution is -0.670. The van der Waals surface area contributed by atoms with Gasteiger partial charge in [0.2, 0.25) is 5.52 Å². The minimum atomic E-state index is 0.785. The molecular weight excluding hydrogens is 254 g/mol. The summed E-state index contributed by atoms with van der Waals surface area (Å²) in [5, 5.41) is 1.97. The second-order valence-electron chi connectivity index (χ2n) is 4.64. The molecule has 3 rings (SSSR count). The van der Waals surface area contributed by atoms with Gasteiger partial charge >= 0.3 is 0 Å². The van der Waals surface area contributed by atoms with Gasteiger partial charge in [0.05, 0.1) is 0 Å². The van der Waals surface area contributed by atoms with Gasteiger partial charge in [-0.1, -0.05) is 41.9 Å². The van der Waals surface area contributed by atoms with Crippen LogP contribution in [-0.4, -0.2) is 0 Å². The van der Waals surface area contributed by atoms with Gasteiger partial charge in [0.1, 0.15) is 0 Å². The Morgan fingerprint density at radius 1 is 0.895 bits per heavy atom. The van der Waals surface area contributed by atoms with Gasteiger partial charge in [-0.15, -0.1) is 0 Å². The van der Waals surface area contributed by atoms with Gasteiger partial charge in [0.25, 0.3) is 0 Å². The molecule has 0 unspecified atom stereocenters. The summed E-state index contributed by atoms with van der Waals surface area (Å²) < 4.78 is 2.28. The lowest BCUT2D eigenvalue weighted by Crippen LogP contribution is -2.35. The first-order valence-electron chi connectivity index (χ1n) is 6.44. The van der Waals surface area contributed by atoms with Crippen LogP contribution in [0.2, 0.25) is 5.02 Å². The van der Waals surface area contributed by atoms with Gasteiger partial charge < -0.3 is 0 Å². The fraction of sp³-hybridized carbons (Fsp3) is 0.118. The fourth-order valence-electron chi connectivity index (χ4n) is 2.34. The summed E-state index contributed by atoms with van der Waals surface area (Å²) in [6.07, 6.45) is 3.16. The largest absolute Gasteiger partial charge is 0.212 e. The molecule has 0 aliphatic heterocycles. The first kappa shape index (κ1) is 12.2. The zero-order valence-corrected chi connectivity index (χ0v) is 11.3. The van der Waals surface area contributed by atoms with Gasteiger partial charge in [0.15, 0.2) is 12.7 Å². The van der Waals surface area contributed by atoms with Crippen LogP contribution < -0.4 is 4.57 Å². The van der Waals surface area contributed by atoms with E-state index in [9.17, 15) is 0 Å². The summed E-state index contributed by atoms with van der Waals surface area (Å²) in [6, 6.07) is 20.8. The van der Waals surface area contributed by atoms with E-state index in [-0.39, 0.29) is 0 Å². The molecule has 0 bridgehead atoms. The van der Waals surface area contributed by atoms with Gasteiger partial charge in [-0.05, 0) is 23.8 Å². The number of pyridine rings is 1. The molecule has 3 aromatic rings. The van der Waals surface area contributed by atoms with Crippen LogP contribution in [0.5, 0.6) is 0 Å². The first-order chi connectivity index (χ1) is 9.33. The van der Waals surface area contributed by atoms with E-state index in [1.165, 1.54) is 16.5 Å². The number of benzene rings is 2. The number of aryl methyl sites for hydroxylation is 2. The Bertz CT molecular complexity index is 692. The van der Waals surface area contributed by atoms with E-state index in [1.807, 2.05) is 12.1 Å². The maximum Gasteiger partial charge on any atom is 0.212 e. The highest BCUT2D eigenvalue weighted by Crippen LogP contribution is 2.16. The molecule has 2 aromatic carbocycles. The highest BCUT2D eigenvalue weighted by atomic mass is 35.5. The van der Waals surface area contributed by atoms with Gasteiger partial charge in [-0.2, -0.15) is 4.57 Å². The van der Waals surface area contributed by atoms with Gasteiger partial charge in [-0.25, -0.2) is 0 Å². The summed E-state index contributed by atoms with van der Waals surface area (Å²) in [4.78, 5) is 0. The third-order valence-corrected chi connectivity index (χ3v) is 3.56. The van der Waals surface area contributed by atoms with Gasteiger partial charge in [-0.3, -0.25) is 0 Å². The molecule has 19 heavy (non-hydrogen) atoms. The summed E-state index contributed by atoms with van der Waals surface area (Å²) >= 11 is 6.03. The van der Waals surface area contributed by atoms with Crippen LogP contribution in [0.4, 0.5) is 0 Å². The van der Waals surface area contributed by atoms with Crippen LogP contribution >= 0.6 is 11.6 Å². The van der Waals surface area contributed by atoms with Gasteiger partial charge in [0, 0.05) is 29.0 Å². The maximum atomic E-state index is 6.03. The van der Waals surface area contributed by atoms with Crippen molar-refractivity contribution in [1.29, 1.82) is 0 Å². The van der Waals surface area contributed by atoms with E-state index in [1.54, 1.807) is 0 Å². The number of hydrogen-bond donors (Lipinski definition) is 0. The lowest BCUT2D eigenvalue weighted by Gasteiger charge is -2.02. The van der Waals surface area contributed by atoms with Crippen LogP contribution in [0, 0.1) is 0 Å². The second kappa shape index (κ2) is 5.41. The van der Waals surface area contributed by atoms with Crippen molar-refractivity contribution in [3.05, 3.63) is 77.4 Å². The predicted octanol–water partition coefficient (Wildman–Crippen LogP) is 4.02. The predicted molar refractivity (Wildman–Crippen MR) is 79.3 cm³/mol. The normalized spacial score (nSPS) is 10.8. The van der Waals surface area contributed by atoms with Crippen LogP contribution in [0.25, 0.3) is 10.9 Å². The van der Waals surface area contributed by atoms with E-state index in [2.05, 4.69) is 59.3 Å². The molecule has 0 spiro atoms. The molecule has 0 saturated heterocycles. The maximum absolute atomic E-state index is 6.03. The minimum absolute atomic E-state index is 0.785. The minimum Gasteiger partial charge on any atom is -0.198 e. The molecule has 1 nitrogen and oxygen atoms in total. The highest BCUT2D eigenvalue weighted by Gasteiger charge is 2.08. The fourth-order valence-corrected chi connectivity index (χ4v) is 2.52. The molecule has 1 aromatic heterocycles. The average molecular weight is 269 g/mol. The second-order valence-corrected chi connectivity index (χ2v) is 5.08. The quantitative estimate of drug-likeness (QED) is 0.632. The number of aromatic nitrogens is 1. The molecule has 0 fully saturated rings. The Kier molecular flexibility index (Phi) is 3.47. The molecule has 0 radical (unpaired) electrons. The summed E-state index contributed by atoms with van der Waals surface area (Å²) in [7, 11) is 0. The number of rotatable bonds is 3. The van der Waals surface area contributed by atoms with E-state index in [0.717, 1.165) is 18.0 Å². The van der Waals surface area contributed by atoms with Crippen LogP contribution in [0.3, 0.4) is 0 Å². The van der Waals surface area contributed by atoms with E-state index < -0.39 is 0 Å². The topological polar surface area (TPSA) is 3.88 Å². The molecule has 0 N–H and O–H groups in total. The van der Waals surface area contributed by atoms with Crippen molar-refractivity contribution >= 4 is 22.5 Å². The van der Waals surface area contributed by atoms with Crippen molar-refractivity contribution in [2.24, 2.45) is 0 Å². The monoisotopic (exact) mass is 268 g/mol. The van der Waals surface area contributed by atoms with E-state index >= 15 is 0 Å². The van der Waals surface area contributed by atoms with Crippen molar-refractivity contribution in [2.45, 2.75) is 13.0 Å². The van der Waals surface area contributed by atoms with Crippen molar-refractivity contribution in [1.82, 2.24) is 0 Å². The standard InChI is InChI=1S/C17H15ClN/c18-16-8-9-17-15(13-16)7-4-11-19(17)12-10-14-5-2-1-3-6-14/h1-9,11,13H,10,12H2/q+1. The smallest absolute Gasteiger partial charge is 0.198 e. The molecule has 1 heterocycles. The van der Waals surface area contributed by atoms with E-state index in [4.69, 9.17) is 11.6 Å². The molecule has 2 heteroatoms. The van der Waals surface area contributed by atoms with Crippen LogP contribution in [0.15, 0.2) is 66.9 Å². The third kappa shape index (κ3) is 2.77. The summed E-state index contributed by atoms with van der Waals surface area (Å²) in [5.74, 6) is 0. The van der Waals surface area contributed by atoms with Crippen LogP contribution in [-0.2, 0) is 13.0 Å². The highest BCUT2D eigenvalue weighted by molar-refractivity contribution is 6.31. The Hall–Kier alpha value is -1.86. The van der Waals surface area contributed by atoms with Crippen LogP contribution in [0.1, 0.15) is 5.56 Å². The molecule has 0 saturated carbocycles. The summed E-state index contributed by atoms with van der Waals surface area (Å²) in [6.45, 7) is 0.975. The summed E-state index contributed by atoms with van der Waals surface area (Å²) in [5.41, 5.74) is 2.59. The molecule has 94 valence electrons. The Balaban J connectivity index is 1.89. The van der Waals surface area contributed by atoms with Crippen molar-refractivity contribution in [2.75, 3.05) is 0 Å². The number of hydrogen-bond acceptors (Lipinski definition) is 0. The van der Waals surface area contributed by atoms with Crippen molar-refractivity contribution in [3.8, 4) is 0 Å². The molecule has 0 aliphatic carbocycles. The first-order valence-corrected chi connectivity index (χ1v) is 6.82. The zero-order valence-electron chi connectivity index (χ0n) is 10.6. The Morgan fingerprint density at radius 3 is 2.58 bits per heavy atom. The number of halogens is 1. The number of nitrogens with zero attached hydrogens (tertiary/aromatic N) is 1.